The number of para-hydroxylation sites is 1. The van der Waals surface area contributed by atoms with E-state index in [1.165, 1.54) is 22.1 Å². The van der Waals surface area contributed by atoms with Gasteiger partial charge in [0.25, 0.3) is 5.56 Å². The standard InChI is InChI=1S/C21H17N7O2S/c1-14(28-19(29)8-7-18(25-28)27-10-4-9-22-27)20(30)23-16-6-3-2-5-15(16)17-13-26-11-12-31-21(26)24-17/h2-14H,1H3,(H,23,30). The van der Waals surface area contributed by atoms with Crippen LogP contribution in [0, 0.1) is 0 Å². The number of nitrogens with one attached hydrogen (secondary N) is 1. The van der Waals surface area contributed by atoms with E-state index < -0.39 is 6.04 Å². The first-order valence-electron chi connectivity index (χ1n) is 9.52. The highest BCUT2D eigenvalue weighted by molar-refractivity contribution is 7.15. The highest BCUT2D eigenvalue weighted by Gasteiger charge is 2.20. The number of imidazole rings is 1. The van der Waals surface area contributed by atoms with E-state index in [-0.39, 0.29) is 11.5 Å². The molecule has 0 spiro atoms. The molecule has 154 valence electrons. The quantitative estimate of drug-likeness (QED) is 0.461. The lowest BCUT2D eigenvalue weighted by Crippen LogP contribution is -2.33. The van der Waals surface area contributed by atoms with Crippen molar-refractivity contribution in [2.45, 2.75) is 13.0 Å². The lowest BCUT2D eigenvalue weighted by molar-refractivity contribution is -0.119. The summed E-state index contributed by atoms with van der Waals surface area (Å²) in [5.41, 5.74) is 1.79. The average Bonchev–Trinajstić information content (AvgIpc) is 3.52. The van der Waals surface area contributed by atoms with E-state index >= 15 is 0 Å². The molecule has 31 heavy (non-hydrogen) atoms. The molecule has 0 bridgehead atoms. The van der Waals surface area contributed by atoms with Crippen molar-refractivity contribution in [2.75, 3.05) is 5.32 Å². The number of nitrogens with zero attached hydrogens (tertiary/aromatic N) is 6. The van der Waals surface area contributed by atoms with Gasteiger partial charge in [-0.3, -0.25) is 14.0 Å². The van der Waals surface area contributed by atoms with Gasteiger partial charge in [0.1, 0.15) is 6.04 Å². The maximum atomic E-state index is 13.0. The number of anilines is 1. The Morgan fingerprint density at radius 2 is 2.00 bits per heavy atom. The Morgan fingerprint density at radius 1 is 1.13 bits per heavy atom. The fraction of sp³-hybridized carbons (Fsp3) is 0.0952. The van der Waals surface area contributed by atoms with Gasteiger partial charge in [0, 0.05) is 41.8 Å². The first-order valence-corrected chi connectivity index (χ1v) is 10.4. The van der Waals surface area contributed by atoms with Gasteiger partial charge in [-0.05, 0) is 25.1 Å². The number of carbonyl (C=O) groups is 1. The molecule has 0 saturated carbocycles. The predicted octanol–water partition coefficient (Wildman–Crippen LogP) is 3.00. The Bertz CT molecular complexity index is 1400. The predicted molar refractivity (Wildman–Crippen MR) is 117 cm³/mol. The Hall–Kier alpha value is -4.05. The number of fused-ring (bicyclic) bond motifs is 1. The summed E-state index contributed by atoms with van der Waals surface area (Å²) < 4.78 is 4.62. The van der Waals surface area contributed by atoms with Crippen LogP contribution >= 0.6 is 11.3 Å². The molecule has 1 N–H and O–H groups in total. The summed E-state index contributed by atoms with van der Waals surface area (Å²) >= 11 is 1.54. The molecule has 0 radical (unpaired) electrons. The molecule has 4 heterocycles. The van der Waals surface area contributed by atoms with Crippen LogP contribution in [0.4, 0.5) is 5.69 Å². The van der Waals surface area contributed by atoms with Crippen LogP contribution in [0.1, 0.15) is 13.0 Å². The molecule has 1 atom stereocenters. The fourth-order valence-electron chi connectivity index (χ4n) is 3.24. The summed E-state index contributed by atoms with van der Waals surface area (Å²) in [4.78, 5) is 30.9. The third kappa shape index (κ3) is 3.53. The summed E-state index contributed by atoms with van der Waals surface area (Å²) in [5.74, 6) is 0.0865. The van der Waals surface area contributed by atoms with Crippen molar-refractivity contribution in [1.82, 2.24) is 28.9 Å². The summed E-state index contributed by atoms with van der Waals surface area (Å²) in [6, 6.07) is 11.3. The summed E-state index contributed by atoms with van der Waals surface area (Å²) in [7, 11) is 0. The Labute approximate surface area is 180 Å². The molecule has 0 aliphatic carbocycles. The van der Waals surface area contributed by atoms with Crippen molar-refractivity contribution >= 4 is 27.9 Å². The molecule has 5 aromatic rings. The van der Waals surface area contributed by atoms with Gasteiger partial charge < -0.3 is 5.32 Å². The first kappa shape index (κ1) is 18.9. The highest BCUT2D eigenvalue weighted by atomic mass is 32.1. The van der Waals surface area contributed by atoms with Gasteiger partial charge in [0.15, 0.2) is 10.8 Å². The summed E-state index contributed by atoms with van der Waals surface area (Å²) in [5, 5.41) is 13.3. The van der Waals surface area contributed by atoms with Crippen LogP contribution in [0.5, 0.6) is 0 Å². The van der Waals surface area contributed by atoms with Gasteiger partial charge in [0.2, 0.25) is 5.91 Å². The molecule has 0 saturated heterocycles. The molecule has 0 aliphatic heterocycles. The number of rotatable bonds is 5. The zero-order valence-electron chi connectivity index (χ0n) is 16.4. The Morgan fingerprint density at radius 3 is 2.81 bits per heavy atom. The average molecular weight is 431 g/mol. The second-order valence-electron chi connectivity index (χ2n) is 6.85. The lowest BCUT2D eigenvalue weighted by Gasteiger charge is -2.16. The third-order valence-electron chi connectivity index (χ3n) is 4.85. The van der Waals surface area contributed by atoms with Crippen LogP contribution in [0.15, 0.2) is 77.4 Å². The molecule has 5 rings (SSSR count). The molecule has 1 aromatic carbocycles. The third-order valence-corrected chi connectivity index (χ3v) is 5.62. The van der Waals surface area contributed by atoms with Crippen LogP contribution in [0.3, 0.4) is 0 Å². The normalized spacial score (nSPS) is 12.2. The van der Waals surface area contributed by atoms with Crippen LogP contribution < -0.4 is 10.9 Å². The van der Waals surface area contributed by atoms with Crippen LogP contribution in [0.2, 0.25) is 0 Å². The highest BCUT2D eigenvalue weighted by Crippen LogP contribution is 2.29. The van der Waals surface area contributed by atoms with Gasteiger partial charge in [-0.1, -0.05) is 18.2 Å². The monoisotopic (exact) mass is 431 g/mol. The van der Waals surface area contributed by atoms with E-state index in [4.69, 9.17) is 0 Å². The molecule has 1 unspecified atom stereocenters. The van der Waals surface area contributed by atoms with Crippen molar-refractivity contribution in [3.05, 3.63) is 83.0 Å². The second kappa shape index (κ2) is 7.65. The van der Waals surface area contributed by atoms with E-state index in [2.05, 4.69) is 20.5 Å². The van der Waals surface area contributed by atoms with Crippen LogP contribution in [-0.2, 0) is 4.79 Å². The molecule has 4 aromatic heterocycles. The zero-order chi connectivity index (χ0) is 21.4. The minimum absolute atomic E-state index is 0.360. The van der Waals surface area contributed by atoms with E-state index in [9.17, 15) is 9.59 Å². The lowest BCUT2D eigenvalue weighted by atomic mass is 10.1. The fourth-order valence-corrected chi connectivity index (χ4v) is 3.94. The second-order valence-corrected chi connectivity index (χ2v) is 7.73. The minimum Gasteiger partial charge on any atom is -0.324 e. The Balaban J connectivity index is 1.44. The number of benzene rings is 1. The van der Waals surface area contributed by atoms with Gasteiger partial charge >= 0.3 is 0 Å². The van der Waals surface area contributed by atoms with Crippen molar-refractivity contribution in [3.8, 4) is 17.1 Å². The number of aromatic nitrogens is 6. The number of carbonyl (C=O) groups excluding carboxylic acids is 1. The Kier molecular flexibility index (Phi) is 4.68. The number of amides is 1. The van der Waals surface area contributed by atoms with Gasteiger partial charge in [0.05, 0.1) is 11.4 Å². The van der Waals surface area contributed by atoms with E-state index in [1.54, 1.807) is 31.5 Å². The molecular weight excluding hydrogens is 414 g/mol. The smallest absolute Gasteiger partial charge is 0.267 e. The van der Waals surface area contributed by atoms with Gasteiger partial charge in [-0.15, -0.1) is 16.4 Å². The number of hydrogen-bond acceptors (Lipinski definition) is 6. The first-order chi connectivity index (χ1) is 15.1. The van der Waals surface area contributed by atoms with Crippen molar-refractivity contribution in [2.24, 2.45) is 0 Å². The molecule has 9 nitrogen and oxygen atoms in total. The zero-order valence-corrected chi connectivity index (χ0v) is 17.2. The minimum atomic E-state index is -0.832. The molecule has 10 heteroatoms. The maximum absolute atomic E-state index is 13.0. The topological polar surface area (TPSA) is 99.1 Å². The van der Waals surface area contributed by atoms with Crippen LogP contribution in [0.25, 0.3) is 22.0 Å². The molecule has 1 amide bonds. The summed E-state index contributed by atoms with van der Waals surface area (Å²) in [6.45, 7) is 1.63. The molecular formula is C21H17N7O2S. The van der Waals surface area contributed by atoms with Crippen LogP contribution in [-0.4, -0.2) is 34.9 Å². The van der Waals surface area contributed by atoms with Gasteiger partial charge in [-0.2, -0.15) is 5.10 Å². The number of thiazole rings is 1. The van der Waals surface area contributed by atoms with E-state index in [0.717, 1.165) is 20.9 Å². The van der Waals surface area contributed by atoms with Crippen molar-refractivity contribution < 1.29 is 4.79 Å². The van der Waals surface area contributed by atoms with Gasteiger partial charge in [-0.25, -0.2) is 14.3 Å². The molecule has 0 aliphatic rings. The van der Waals surface area contributed by atoms with E-state index in [1.807, 2.05) is 46.4 Å². The van der Waals surface area contributed by atoms with E-state index in [0.29, 0.717) is 11.5 Å². The maximum Gasteiger partial charge on any atom is 0.267 e. The largest absolute Gasteiger partial charge is 0.324 e. The van der Waals surface area contributed by atoms with Crippen molar-refractivity contribution in [3.63, 3.8) is 0 Å². The SMILES string of the molecule is CC(C(=O)Nc1ccccc1-c1cn2ccsc2n1)n1nc(-n2cccn2)ccc1=O. The molecule has 0 fully saturated rings. The van der Waals surface area contributed by atoms with Crippen molar-refractivity contribution in [1.29, 1.82) is 0 Å². The summed E-state index contributed by atoms with van der Waals surface area (Å²) in [6.07, 6.45) is 7.18. The number of hydrogen-bond donors (Lipinski definition) is 1.